The topological polar surface area (TPSA) is 75.7 Å². The molecule has 29 heavy (non-hydrogen) atoms. The molecule has 0 radical (unpaired) electrons. The van der Waals surface area contributed by atoms with Gasteiger partial charge in [0.2, 0.25) is 10.0 Å². The number of hydrogen-bond donors (Lipinski definition) is 1. The Labute approximate surface area is 176 Å². The van der Waals surface area contributed by atoms with Gasteiger partial charge in [-0.15, -0.1) is 0 Å². The van der Waals surface area contributed by atoms with Crippen LogP contribution in [0.3, 0.4) is 0 Å². The summed E-state index contributed by atoms with van der Waals surface area (Å²) < 4.78 is 31.9. The normalized spacial score (nSPS) is 16.7. The maximum Gasteiger partial charge on any atom is 0.263 e. The van der Waals surface area contributed by atoms with Gasteiger partial charge in [-0.1, -0.05) is 50.6 Å². The Kier molecular flexibility index (Phi) is 5.83. The number of halogens is 1. The zero-order valence-electron chi connectivity index (χ0n) is 16.9. The van der Waals surface area contributed by atoms with Crippen molar-refractivity contribution >= 4 is 33.2 Å². The molecule has 1 N–H and O–H groups in total. The van der Waals surface area contributed by atoms with E-state index in [9.17, 15) is 13.2 Å². The molecule has 1 aliphatic rings. The van der Waals surface area contributed by atoms with Gasteiger partial charge in [0.15, 0.2) is 6.10 Å². The molecule has 0 aromatic heterocycles. The number of nitrogens with one attached hydrogen (secondary N) is 1. The minimum atomic E-state index is -3.58. The minimum Gasteiger partial charge on any atom is -0.476 e. The monoisotopic (exact) mass is 436 g/mol. The number of rotatable bonds is 4. The molecule has 1 atom stereocenters. The van der Waals surface area contributed by atoms with Crippen molar-refractivity contribution in [3.8, 4) is 5.75 Å². The van der Waals surface area contributed by atoms with Crippen LogP contribution in [0.25, 0.3) is 0 Å². The Hall–Kier alpha value is -2.25. The lowest BCUT2D eigenvalue weighted by Crippen LogP contribution is -2.50. The molecule has 0 saturated heterocycles. The van der Waals surface area contributed by atoms with Crippen molar-refractivity contribution in [2.24, 2.45) is 0 Å². The van der Waals surface area contributed by atoms with Gasteiger partial charge in [0, 0.05) is 11.6 Å². The van der Waals surface area contributed by atoms with Gasteiger partial charge in [-0.05, 0) is 40.8 Å². The van der Waals surface area contributed by atoms with Crippen molar-refractivity contribution in [3.63, 3.8) is 0 Å². The van der Waals surface area contributed by atoms with Gasteiger partial charge >= 0.3 is 0 Å². The highest BCUT2D eigenvalue weighted by molar-refractivity contribution is 7.92. The summed E-state index contributed by atoms with van der Waals surface area (Å²) in [5, 5.41) is 3.41. The van der Waals surface area contributed by atoms with Crippen LogP contribution in [0.4, 0.5) is 5.69 Å². The molecule has 0 unspecified atom stereocenters. The van der Waals surface area contributed by atoms with Crippen molar-refractivity contribution in [1.29, 1.82) is 0 Å². The molecule has 0 saturated carbocycles. The Morgan fingerprint density at radius 2 is 1.86 bits per heavy atom. The molecule has 6 nitrogen and oxygen atoms in total. The number of benzene rings is 2. The average Bonchev–Trinajstić information content (AvgIpc) is 2.64. The smallest absolute Gasteiger partial charge is 0.263 e. The van der Waals surface area contributed by atoms with Crippen LogP contribution in [-0.2, 0) is 26.8 Å². The summed E-state index contributed by atoms with van der Waals surface area (Å²) in [5.41, 5.74) is 2.18. The van der Waals surface area contributed by atoms with Crippen LogP contribution in [0, 0.1) is 0 Å². The van der Waals surface area contributed by atoms with Crippen LogP contribution in [0.15, 0.2) is 42.5 Å². The predicted molar refractivity (Wildman–Crippen MR) is 115 cm³/mol. The first-order valence-electron chi connectivity index (χ1n) is 9.26. The molecule has 2 aromatic carbocycles. The summed E-state index contributed by atoms with van der Waals surface area (Å²) in [6.07, 6.45) is 0.194. The second-order valence-electron chi connectivity index (χ2n) is 8.18. The average molecular weight is 437 g/mol. The van der Waals surface area contributed by atoms with Gasteiger partial charge < -0.3 is 10.1 Å². The van der Waals surface area contributed by atoms with Crippen molar-refractivity contribution in [3.05, 3.63) is 58.6 Å². The first-order chi connectivity index (χ1) is 13.4. The number of nitrogens with zero attached hydrogens (tertiary/aromatic N) is 1. The fraction of sp³-hybridized carbons (Fsp3) is 0.381. The summed E-state index contributed by atoms with van der Waals surface area (Å²) in [6.45, 7) is 6.37. The molecule has 2 aromatic rings. The molecule has 1 amide bonds. The SMILES string of the molecule is CC(C)(C)c1ccc2c(c1)N(S(C)(=O)=O)C[C@@H](C(=O)NCc1ccc(Cl)cc1)O2. The lowest BCUT2D eigenvalue weighted by atomic mass is 9.86. The van der Waals surface area contributed by atoms with Crippen molar-refractivity contribution in [2.45, 2.75) is 38.8 Å². The van der Waals surface area contributed by atoms with E-state index in [0.29, 0.717) is 23.0 Å². The van der Waals surface area contributed by atoms with Gasteiger partial charge in [-0.25, -0.2) is 8.42 Å². The highest BCUT2D eigenvalue weighted by atomic mass is 35.5. The summed E-state index contributed by atoms with van der Waals surface area (Å²) in [6, 6.07) is 12.6. The number of fused-ring (bicyclic) bond motifs is 1. The van der Waals surface area contributed by atoms with Gasteiger partial charge in [-0.2, -0.15) is 0 Å². The number of sulfonamides is 1. The number of hydrogen-bond acceptors (Lipinski definition) is 4. The third kappa shape index (κ3) is 5.03. The summed E-state index contributed by atoms with van der Waals surface area (Å²) in [5.74, 6) is 0.000431. The van der Waals surface area contributed by atoms with Crippen LogP contribution in [0.5, 0.6) is 5.75 Å². The number of amides is 1. The Balaban J connectivity index is 1.82. The third-order valence-corrected chi connectivity index (χ3v) is 6.17. The maximum absolute atomic E-state index is 12.7. The van der Waals surface area contributed by atoms with E-state index in [0.717, 1.165) is 17.4 Å². The standard InChI is InChI=1S/C21H25ClN2O4S/c1-21(2,3)15-7-10-18-17(11-15)24(29(4,26)27)13-19(28-18)20(25)23-12-14-5-8-16(22)9-6-14/h5-11,19H,12-13H2,1-4H3,(H,23,25)/t19-/m0/s1. The molecule has 1 aliphatic heterocycles. The predicted octanol–water partition coefficient (Wildman–Crippen LogP) is 3.48. The van der Waals surface area contributed by atoms with Gasteiger partial charge in [0.1, 0.15) is 5.75 Å². The molecule has 0 bridgehead atoms. The second kappa shape index (κ2) is 7.88. The van der Waals surface area contributed by atoms with E-state index >= 15 is 0 Å². The van der Waals surface area contributed by atoms with Crippen molar-refractivity contribution in [1.82, 2.24) is 5.32 Å². The lowest BCUT2D eigenvalue weighted by Gasteiger charge is -2.35. The molecule has 0 aliphatic carbocycles. The van der Waals surface area contributed by atoms with Crippen LogP contribution >= 0.6 is 11.6 Å². The van der Waals surface area contributed by atoms with Crippen molar-refractivity contribution < 1.29 is 17.9 Å². The summed E-state index contributed by atoms with van der Waals surface area (Å²) in [7, 11) is -3.58. The summed E-state index contributed by atoms with van der Waals surface area (Å²) in [4.78, 5) is 12.7. The molecule has 0 fully saturated rings. The van der Waals surface area contributed by atoms with Crippen LogP contribution in [0.1, 0.15) is 31.9 Å². The first-order valence-corrected chi connectivity index (χ1v) is 11.5. The van der Waals surface area contributed by atoms with E-state index in [2.05, 4.69) is 26.1 Å². The Bertz CT molecular complexity index is 1010. The quantitative estimate of drug-likeness (QED) is 0.796. The Morgan fingerprint density at radius 1 is 1.21 bits per heavy atom. The van der Waals surface area contributed by atoms with E-state index in [-0.39, 0.29) is 17.9 Å². The molecule has 1 heterocycles. The fourth-order valence-corrected chi connectivity index (χ4v) is 4.11. The molecular weight excluding hydrogens is 412 g/mol. The van der Waals surface area contributed by atoms with E-state index < -0.39 is 16.1 Å². The van der Waals surface area contributed by atoms with E-state index in [1.165, 1.54) is 4.31 Å². The fourth-order valence-electron chi connectivity index (χ4n) is 3.07. The first kappa shape index (κ1) is 21.5. The molecule has 8 heteroatoms. The number of carbonyl (C=O) groups excluding carboxylic acids is 1. The highest BCUT2D eigenvalue weighted by Crippen LogP contribution is 2.38. The van der Waals surface area contributed by atoms with E-state index in [4.69, 9.17) is 16.3 Å². The lowest BCUT2D eigenvalue weighted by molar-refractivity contribution is -0.127. The van der Waals surface area contributed by atoms with Gasteiger partial charge in [0.05, 0.1) is 18.5 Å². The molecule has 156 valence electrons. The number of ether oxygens (including phenoxy) is 1. The van der Waals surface area contributed by atoms with Gasteiger partial charge in [0.25, 0.3) is 5.91 Å². The number of carbonyl (C=O) groups is 1. The van der Waals surface area contributed by atoms with E-state index in [1.807, 2.05) is 24.3 Å². The minimum absolute atomic E-state index is 0.0775. The van der Waals surface area contributed by atoms with Crippen molar-refractivity contribution in [2.75, 3.05) is 17.1 Å². The largest absolute Gasteiger partial charge is 0.476 e. The molecular formula is C21H25ClN2O4S. The zero-order chi connectivity index (χ0) is 21.4. The third-order valence-electron chi connectivity index (χ3n) is 4.77. The molecule has 3 rings (SSSR count). The second-order valence-corrected chi connectivity index (χ2v) is 10.5. The van der Waals surface area contributed by atoms with E-state index in [1.54, 1.807) is 18.2 Å². The van der Waals surface area contributed by atoms with Crippen LogP contribution < -0.4 is 14.4 Å². The van der Waals surface area contributed by atoms with Crippen LogP contribution in [-0.4, -0.2) is 33.2 Å². The zero-order valence-corrected chi connectivity index (χ0v) is 18.5. The van der Waals surface area contributed by atoms with Gasteiger partial charge in [-0.3, -0.25) is 9.10 Å². The maximum atomic E-state index is 12.7. The Morgan fingerprint density at radius 3 is 2.45 bits per heavy atom. The van der Waals surface area contributed by atoms with Crippen LogP contribution in [0.2, 0.25) is 5.02 Å². The number of anilines is 1. The molecule has 0 spiro atoms. The highest BCUT2D eigenvalue weighted by Gasteiger charge is 2.35. The summed E-state index contributed by atoms with van der Waals surface area (Å²) >= 11 is 5.87.